The molecule has 0 saturated carbocycles. The quantitative estimate of drug-likeness (QED) is 0.624. The topological polar surface area (TPSA) is 89.1 Å². The van der Waals surface area contributed by atoms with Gasteiger partial charge in [0.2, 0.25) is 5.91 Å². The van der Waals surface area contributed by atoms with E-state index >= 15 is 0 Å². The van der Waals surface area contributed by atoms with E-state index in [0.29, 0.717) is 13.1 Å². The van der Waals surface area contributed by atoms with Gasteiger partial charge in [-0.05, 0) is 0 Å². The van der Waals surface area contributed by atoms with Crippen molar-refractivity contribution in [2.24, 2.45) is 12.8 Å². The Kier molecular flexibility index (Phi) is 3.16. The first-order valence-corrected chi connectivity index (χ1v) is 5.25. The highest BCUT2D eigenvalue weighted by Gasteiger charge is 2.27. The Hall–Kier alpha value is -1.47. The van der Waals surface area contributed by atoms with E-state index in [1.54, 1.807) is 6.33 Å². The molecule has 0 bridgehead atoms. The lowest BCUT2D eigenvalue weighted by atomic mass is 10.2. The fourth-order valence-electron chi connectivity index (χ4n) is 1.85. The van der Waals surface area contributed by atoms with Crippen LogP contribution in [-0.2, 0) is 18.4 Å². The summed E-state index contributed by atoms with van der Waals surface area (Å²) in [5.74, 6) is 0.544. The molecule has 1 saturated heterocycles. The first-order valence-electron chi connectivity index (χ1n) is 5.25. The second kappa shape index (κ2) is 4.58. The van der Waals surface area contributed by atoms with Crippen molar-refractivity contribution >= 4 is 5.91 Å². The van der Waals surface area contributed by atoms with Crippen LogP contribution in [0.25, 0.3) is 0 Å². The van der Waals surface area contributed by atoms with E-state index < -0.39 is 0 Å². The number of carbonyl (C=O) groups excluding carboxylic acids is 1. The number of primary amides is 1. The van der Waals surface area contributed by atoms with Gasteiger partial charge in [-0.1, -0.05) is 0 Å². The molecule has 1 aromatic rings. The van der Waals surface area contributed by atoms with Crippen LogP contribution in [0.5, 0.6) is 0 Å². The van der Waals surface area contributed by atoms with Crippen LogP contribution in [0, 0.1) is 0 Å². The summed E-state index contributed by atoms with van der Waals surface area (Å²) < 4.78 is 1.85. The van der Waals surface area contributed by atoms with E-state index in [4.69, 9.17) is 5.73 Å². The third-order valence-corrected chi connectivity index (χ3v) is 2.83. The van der Waals surface area contributed by atoms with Gasteiger partial charge >= 0.3 is 0 Å². The van der Waals surface area contributed by atoms with Crippen molar-refractivity contribution in [3.05, 3.63) is 12.2 Å². The van der Waals surface area contributed by atoms with E-state index in [-0.39, 0.29) is 11.9 Å². The van der Waals surface area contributed by atoms with Gasteiger partial charge in [-0.15, -0.1) is 10.2 Å². The second-order valence-electron chi connectivity index (χ2n) is 3.95. The molecule has 0 spiro atoms. The molecule has 1 aliphatic heterocycles. The van der Waals surface area contributed by atoms with Gasteiger partial charge in [-0.2, -0.15) is 0 Å². The molecule has 88 valence electrons. The van der Waals surface area contributed by atoms with Crippen LogP contribution < -0.4 is 11.1 Å². The van der Waals surface area contributed by atoms with Crippen molar-refractivity contribution in [2.75, 3.05) is 19.6 Å². The smallest absolute Gasteiger partial charge is 0.236 e. The maximum Gasteiger partial charge on any atom is 0.236 e. The molecule has 1 fully saturated rings. The first kappa shape index (κ1) is 11.0. The van der Waals surface area contributed by atoms with Gasteiger partial charge in [-0.25, -0.2) is 0 Å². The Morgan fingerprint density at radius 1 is 1.75 bits per heavy atom. The highest BCUT2D eigenvalue weighted by Crippen LogP contribution is 2.07. The maximum atomic E-state index is 11.3. The Morgan fingerprint density at radius 3 is 3.19 bits per heavy atom. The van der Waals surface area contributed by atoms with Crippen LogP contribution in [0.2, 0.25) is 0 Å². The van der Waals surface area contributed by atoms with Crippen molar-refractivity contribution in [3.63, 3.8) is 0 Å². The lowest BCUT2D eigenvalue weighted by Gasteiger charge is -2.33. The van der Waals surface area contributed by atoms with Gasteiger partial charge < -0.3 is 15.6 Å². The molecule has 1 unspecified atom stereocenters. The fourth-order valence-corrected chi connectivity index (χ4v) is 1.85. The van der Waals surface area contributed by atoms with Crippen LogP contribution in [0.3, 0.4) is 0 Å². The third-order valence-electron chi connectivity index (χ3n) is 2.83. The fraction of sp³-hybridized carbons (Fsp3) is 0.667. The predicted molar refractivity (Wildman–Crippen MR) is 57.3 cm³/mol. The van der Waals surface area contributed by atoms with Crippen LogP contribution >= 0.6 is 0 Å². The molecule has 7 nitrogen and oxygen atoms in total. The average molecular weight is 224 g/mol. The molecule has 1 aromatic heterocycles. The molecule has 1 atom stereocenters. The summed E-state index contributed by atoms with van der Waals surface area (Å²) in [7, 11) is 1.89. The molecule has 0 aliphatic carbocycles. The number of hydrogen-bond donors (Lipinski definition) is 2. The summed E-state index contributed by atoms with van der Waals surface area (Å²) >= 11 is 0. The highest BCUT2D eigenvalue weighted by atomic mass is 16.1. The summed E-state index contributed by atoms with van der Waals surface area (Å²) in [5, 5.41) is 11.0. The molecule has 3 N–H and O–H groups in total. The largest absolute Gasteiger partial charge is 0.368 e. The van der Waals surface area contributed by atoms with Crippen LogP contribution in [0.4, 0.5) is 0 Å². The van der Waals surface area contributed by atoms with E-state index in [1.807, 2.05) is 16.5 Å². The van der Waals surface area contributed by atoms with E-state index in [2.05, 4.69) is 15.5 Å². The van der Waals surface area contributed by atoms with Gasteiger partial charge in [0.15, 0.2) is 0 Å². The highest BCUT2D eigenvalue weighted by molar-refractivity contribution is 5.80. The summed E-state index contributed by atoms with van der Waals surface area (Å²) in [6.07, 6.45) is 1.65. The SMILES string of the molecule is Cn1cnnc1CN1CCNCC1C(N)=O. The minimum absolute atomic E-state index is 0.259. The molecule has 2 heterocycles. The Morgan fingerprint density at radius 2 is 2.56 bits per heavy atom. The van der Waals surface area contributed by atoms with Crippen molar-refractivity contribution in [2.45, 2.75) is 12.6 Å². The number of nitrogens with two attached hydrogens (primary N) is 1. The number of amides is 1. The zero-order valence-corrected chi connectivity index (χ0v) is 9.26. The molecule has 0 radical (unpaired) electrons. The number of nitrogens with one attached hydrogen (secondary N) is 1. The van der Waals surface area contributed by atoms with Crippen molar-refractivity contribution < 1.29 is 4.79 Å². The maximum absolute atomic E-state index is 11.3. The number of rotatable bonds is 3. The number of hydrogen-bond acceptors (Lipinski definition) is 5. The normalized spacial score (nSPS) is 22.2. The van der Waals surface area contributed by atoms with Gasteiger partial charge in [0, 0.05) is 26.7 Å². The molecular weight excluding hydrogens is 208 g/mol. The standard InChI is InChI=1S/C9H16N6O/c1-14-6-12-13-8(14)5-15-3-2-11-4-7(15)9(10)16/h6-7,11H,2-5H2,1H3,(H2,10,16). The van der Waals surface area contributed by atoms with E-state index in [0.717, 1.165) is 18.9 Å². The molecule has 7 heteroatoms. The monoisotopic (exact) mass is 224 g/mol. The Balaban J connectivity index is 2.07. The van der Waals surface area contributed by atoms with Gasteiger partial charge in [-0.3, -0.25) is 9.69 Å². The predicted octanol–water partition coefficient (Wildman–Crippen LogP) is -1.93. The minimum Gasteiger partial charge on any atom is -0.368 e. The number of piperazine rings is 1. The summed E-state index contributed by atoms with van der Waals surface area (Å²) in [5.41, 5.74) is 5.36. The summed E-state index contributed by atoms with van der Waals surface area (Å²) in [6.45, 7) is 2.86. The molecule has 16 heavy (non-hydrogen) atoms. The van der Waals surface area contributed by atoms with Crippen LogP contribution in [0.15, 0.2) is 6.33 Å². The molecule has 1 amide bonds. The number of aromatic nitrogens is 3. The van der Waals surface area contributed by atoms with E-state index in [1.165, 1.54) is 0 Å². The van der Waals surface area contributed by atoms with Gasteiger partial charge in [0.25, 0.3) is 0 Å². The van der Waals surface area contributed by atoms with Crippen molar-refractivity contribution in [1.82, 2.24) is 25.0 Å². The number of nitrogens with zero attached hydrogens (tertiary/aromatic N) is 4. The lowest BCUT2D eigenvalue weighted by Crippen LogP contribution is -2.56. The summed E-state index contributed by atoms with van der Waals surface area (Å²) in [6, 6.07) is -0.259. The Labute approximate surface area is 93.6 Å². The minimum atomic E-state index is -0.297. The first-order chi connectivity index (χ1) is 7.68. The van der Waals surface area contributed by atoms with Gasteiger partial charge in [0.1, 0.15) is 18.2 Å². The Bertz CT molecular complexity index is 376. The van der Waals surface area contributed by atoms with Gasteiger partial charge in [0.05, 0.1) is 6.54 Å². The molecule has 0 aromatic carbocycles. The molecule has 2 rings (SSSR count). The zero-order valence-electron chi connectivity index (χ0n) is 9.26. The average Bonchev–Trinajstić information content (AvgIpc) is 2.65. The molecular formula is C9H16N6O. The van der Waals surface area contributed by atoms with E-state index in [9.17, 15) is 4.79 Å². The molecule has 1 aliphatic rings. The number of aryl methyl sites for hydroxylation is 1. The van der Waals surface area contributed by atoms with Crippen molar-refractivity contribution in [1.29, 1.82) is 0 Å². The zero-order chi connectivity index (χ0) is 11.5. The lowest BCUT2D eigenvalue weighted by molar-refractivity contribution is -0.124. The third kappa shape index (κ3) is 2.20. The number of carbonyl (C=O) groups is 1. The summed E-state index contributed by atoms with van der Waals surface area (Å²) in [4.78, 5) is 13.3. The van der Waals surface area contributed by atoms with Crippen LogP contribution in [-0.4, -0.2) is 51.2 Å². The van der Waals surface area contributed by atoms with Crippen molar-refractivity contribution in [3.8, 4) is 0 Å². The van der Waals surface area contributed by atoms with Crippen LogP contribution in [0.1, 0.15) is 5.82 Å². The second-order valence-corrected chi connectivity index (χ2v) is 3.95.